The maximum atomic E-state index is 13.5. The van der Waals surface area contributed by atoms with Crippen molar-refractivity contribution in [3.05, 3.63) is 88.6 Å². The minimum Gasteiger partial charge on any atom is -0.274 e. The molecule has 3 aromatic rings. The fraction of sp³-hybridized carbons (Fsp3) is 0.267. The van der Waals surface area contributed by atoms with Crippen molar-refractivity contribution in [3.63, 3.8) is 0 Å². The van der Waals surface area contributed by atoms with Crippen LogP contribution in [-0.2, 0) is 9.59 Å². The molecule has 0 fully saturated rings. The van der Waals surface area contributed by atoms with Gasteiger partial charge in [-0.15, -0.1) is 0 Å². The van der Waals surface area contributed by atoms with E-state index in [1.165, 1.54) is 4.90 Å². The van der Waals surface area contributed by atoms with E-state index in [1.54, 1.807) is 17.7 Å². The van der Waals surface area contributed by atoms with Crippen molar-refractivity contribution in [1.29, 1.82) is 5.26 Å². The molecule has 4 rings (SSSR count). The Hall–Kier alpha value is -4.24. The van der Waals surface area contributed by atoms with Crippen LogP contribution in [-0.4, -0.2) is 33.0 Å². The van der Waals surface area contributed by atoms with Crippen LogP contribution in [0.4, 0.5) is 0 Å². The number of carbonyl (C=O) groups is 2. The molecule has 6 nitrogen and oxygen atoms in total. The number of nitrogens with zero attached hydrogens (tertiary/aromatic N) is 4. The van der Waals surface area contributed by atoms with Gasteiger partial charge in [-0.2, -0.15) is 10.4 Å². The van der Waals surface area contributed by atoms with Gasteiger partial charge in [0.25, 0.3) is 11.8 Å². The van der Waals surface area contributed by atoms with Crippen molar-refractivity contribution < 1.29 is 9.59 Å². The number of unbranched alkanes of at least 4 members (excludes halogenated alkanes) is 3. The van der Waals surface area contributed by atoms with Crippen molar-refractivity contribution in [3.8, 4) is 23.0 Å². The molecule has 1 aliphatic heterocycles. The predicted molar refractivity (Wildman–Crippen MR) is 141 cm³/mol. The molecular formula is C30H30N4O2. The lowest BCUT2D eigenvalue weighted by Gasteiger charge is -2.27. The van der Waals surface area contributed by atoms with Gasteiger partial charge in [-0.25, -0.2) is 4.68 Å². The molecule has 2 amide bonds. The van der Waals surface area contributed by atoms with Gasteiger partial charge in [0, 0.05) is 29.4 Å². The summed E-state index contributed by atoms with van der Waals surface area (Å²) in [7, 11) is 0. The molecule has 0 aliphatic carbocycles. The molecule has 2 heterocycles. The molecule has 1 aliphatic rings. The third-order valence-electron chi connectivity index (χ3n) is 6.45. The highest BCUT2D eigenvalue weighted by Gasteiger charge is 2.35. The SMILES string of the molecule is CCCCCCN1C(=O)C(C#N)=C(C)/C(=C\c2cn(-c3ccccc3)nc2-c2ccc(C)cc2)C1=O. The summed E-state index contributed by atoms with van der Waals surface area (Å²) in [4.78, 5) is 27.7. The number of hydrogen-bond donors (Lipinski definition) is 0. The van der Waals surface area contributed by atoms with E-state index in [-0.39, 0.29) is 11.5 Å². The maximum absolute atomic E-state index is 13.5. The number of amides is 2. The molecule has 0 saturated heterocycles. The molecule has 0 bridgehead atoms. The quantitative estimate of drug-likeness (QED) is 0.225. The summed E-state index contributed by atoms with van der Waals surface area (Å²) in [5.41, 5.74) is 5.17. The number of nitriles is 1. The lowest BCUT2D eigenvalue weighted by molar-refractivity contribution is -0.140. The van der Waals surface area contributed by atoms with Gasteiger partial charge in [-0.3, -0.25) is 14.5 Å². The summed E-state index contributed by atoms with van der Waals surface area (Å²) < 4.78 is 1.78. The van der Waals surface area contributed by atoms with E-state index in [4.69, 9.17) is 5.10 Å². The Bertz CT molecular complexity index is 1370. The van der Waals surface area contributed by atoms with Crippen LogP contribution in [0.15, 0.2) is 77.5 Å². The number of aryl methyl sites for hydroxylation is 1. The number of imide groups is 1. The maximum Gasteiger partial charge on any atom is 0.271 e. The van der Waals surface area contributed by atoms with E-state index in [0.29, 0.717) is 17.7 Å². The predicted octanol–water partition coefficient (Wildman–Crippen LogP) is 6.02. The summed E-state index contributed by atoms with van der Waals surface area (Å²) >= 11 is 0. The molecule has 0 radical (unpaired) electrons. The Labute approximate surface area is 212 Å². The Balaban J connectivity index is 1.82. The van der Waals surface area contributed by atoms with E-state index >= 15 is 0 Å². The van der Waals surface area contributed by atoms with Crippen LogP contribution in [0.25, 0.3) is 23.0 Å². The molecule has 6 heteroatoms. The van der Waals surface area contributed by atoms with Gasteiger partial charge in [-0.1, -0.05) is 74.2 Å². The van der Waals surface area contributed by atoms with Gasteiger partial charge < -0.3 is 0 Å². The molecule has 182 valence electrons. The van der Waals surface area contributed by atoms with Crippen molar-refractivity contribution in [2.75, 3.05) is 6.54 Å². The Morgan fingerprint density at radius 2 is 1.67 bits per heavy atom. The lowest BCUT2D eigenvalue weighted by atomic mass is 9.93. The van der Waals surface area contributed by atoms with Gasteiger partial charge in [0.05, 0.1) is 11.4 Å². The minimum absolute atomic E-state index is 0.0173. The monoisotopic (exact) mass is 478 g/mol. The second kappa shape index (κ2) is 11.0. The number of benzene rings is 2. The van der Waals surface area contributed by atoms with Crippen molar-refractivity contribution in [2.45, 2.75) is 46.5 Å². The second-order valence-electron chi connectivity index (χ2n) is 9.07. The summed E-state index contributed by atoms with van der Waals surface area (Å²) in [6.45, 7) is 6.11. The van der Waals surface area contributed by atoms with E-state index in [9.17, 15) is 14.9 Å². The number of hydrogen-bond acceptors (Lipinski definition) is 4. The second-order valence-corrected chi connectivity index (χ2v) is 9.07. The smallest absolute Gasteiger partial charge is 0.271 e. The fourth-order valence-corrected chi connectivity index (χ4v) is 4.33. The van der Waals surface area contributed by atoms with Crippen molar-refractivity contribution in [2.24, 2.45) is 0 Å². The Morgan fingerprint density at radius 1 is 0.944 bits per heavy atom. The lowest BCUT2D eigenvalue weighted by Crippen LogP contribution is -2.43. The fourth-order valence-electron chi connectivity index (χ4n) is 4.33. The first-order valence-electron chi connectivity index (χ1n) is 12.4. The van der Waals surface area contributed by atoms with E-state index in [0.717, 1.165) is 53.8 Å². The zero-order chi connectivity index (χ0) is 25.7. The van der Waals surface area contributed by atoms with Gasteiger partial charge >= 0.3 is 0 Å². The third-order valence-corrected chi connectivity index (χ3v) is 6.45. The largest absolute Gasteiger partial charge is 0.274 e. The number of para-hydroxylation sites is 1. The molecule has 0 unspecified atom stereocenters. The Morgan fingerprint density at radius 3 is 2.33 bits per heavy atom. The third kappa shape index (κ3) is 5.06. The summed E-state index contributed by atoms with van der Waals surface area (Å²) in [5, 5.41) is 14.6. The molecule has 2 aromatic carbocycles. The minimum atomic E-state index is -0.507. The molecule has 0 spiro atoms. The first kappa shape index (κ1) is 24.9. The molecule has 0 saturated carbocycles. The van der Waals surface area contributed by atoms with E-state index in [2.05, 4.69) is 6.92 Å². The highest BCUT2D eigenvalue weighted by molar-refractivity contribution is 6.19. The number of aromatic nitrogens is 2. The van der Waals surface area contributed by atoms with Crippen LogP contribution >= 0.6 is 0 Å². The average molecular weight is 479 g/mol. The number of carbonyl (C=O) groups excluding carboxylic acids is 2. The van der Waals surface area contributed by atoms with Crippen LogP contribution in [0.3, 0.4) is 0 Å². The topological polar surface area (TPSA) is 79.0 Å². The zero-order valence-corrected chi connectivity index (χ0v) is 21.0. The van der Waals surface area contributed by atoms with Crippen LogP contribution in [0.5, 0.6) is 0 Å². The van der Waals surface area contributed by atoms with Crippen LogP contribution in [0.1, 0.15) is 50.7 Å². The average Bonchev–Trinajstić information content (AvgIpc) is 3.31. The molecule has 0 atom stereocenters. The molecular weight excluding hydrogens is 448 g/mol. The van der Waals surface area contributed by atoms with Crippen LogP contribution in [0, 0.1) is 18.3 Å². The van der Waals surface area contributed by atoms with Gasteiger partial charge in [0.15, 0.2) is 0 Å². The highest BCUT2D eigenvalue weighted by atomic mass is 16.2. The summed E-state index contributed by atoms with van der Waals surface area (Å²) in [6.07, 6.45) is 7.39. The Kier molecular flexibility index (Phi) is 7.60. The molecule has 36 heavy (non-hydrogen) atoms. The zero-order valence-electron chi connectivity index (χ0n) is 21.0. The van der Waals surface area contributed by atoms with E-state index in [1.807, 2.05) is 73.8 Å². The summed E-state index contributed by atoms with van der Waals surface area (Å²) in [5.74, 6) is -0.872. The van der Waals surface area contributed by atoms with Crippen molar-refractivity contribution in [1.82, 2.24) is 14.7 Å². The first-order valence-corrected chi connectivity index (χ1v) is 12.4. The number of rotatable bonds is 8. The van der Waals surface area contributed by atoms with Gasteiger partial charge in [0.2, 0.25) is 0 Å². The van der Waals surface area contributed by atoms with Crippen LogP contribution < -0.4 is 0 Å². The van der Waals surface area contributed by atoms with Gasteiger partial charge in [0.1, 0.15) is 11.6 Å². The normalized spacial score (nSPS) is 15.1. The first-order chi connectivity index (χ1) is 17.4. The molecule has 1 aromatic heterocycles. The van der Waals surface area contributed by atoms with Crippen molar-refractivity contribution >= 4 is 17.9 Å². The highest BCUT2D eigenvalue weighted by Crippen LogP contribution is 2.31. The standard InChI is InChI=1S/C30H30N4O2/c1-4-5-6-10-17-33-29(35)26(22(3)27(19-31)30(33)36)18-24-20-34(25-11-8-7-9-12-25)32-28(24)23-15-13-21(2)14-16-23/h7-9,11-16,18,20H,4-6,10,17H2,1-3H3/b26-18+. The molecule has 0 N–H and O–H groups in total. The van der Waals surface area contributed by atoms with Crippen LogP contribution in [0.2, 0.25) is 0 Å². The van der Waals surface area contributed by atoms with E-state index < -0.39 is 5.91 Å². The summed E-state index contributed by atoms with van der Waals surface area (Å²) in [6, 6.07) is 19.8. The van der Waals surface area contributed by atoms with Gasteiger partial charge in [-0.05, 0) is 44.1 Å².